The number of carboxylic acid groups (broad SMARTS) is 1. The van der Waals surface area contributed by atoms with Crippen molar-refractivity contribution in [3.8, 4) is 16.9 Å². The van der Waals surface area contributed by atoms with Crippen molar-refractivity contribution in [2.45, 2.75) is 13.8 Å². The minimum absolute atomic E-state index is 0.327. The van der Waals surface area contributed by atoms with Crippen LogP contribution in [-0.4, -0.2) is 17.7 Å². The maximum absolute atomic E-state index is 10.5. The monoisotopic (exact) mass is 246 g/mol. The van der Waals surface area contributed by atoms with Gasteiger partial charge in [0.2, 0.25) is 0 Å². The van der Waals surface area contributed by atoms with Crippen LogP contribution in [0.4, 0.5) is 0 Å². The summed E-state index contributed by atoms with van der Waals surface area (Å²) in [7, 11) is 0. The van der Waals surface area contributed by atoms with Gasteiger partial charge in [-0.25, -0.2) is 4.79 Å². The third-order valence-corrected chi connectivity index (χ3v) is 2.65. The molecule has 1 aromatic carbocycles. The Morgan fingerprint density at radius 3 is 2.44 bits per heavy atom. The van der Waals surface area contributed by atoms with Crippen molar-refractivity contribution < 1.29 is 19.1 Å². The predicted molar refractivity (Wildman–Crippen MR) is 66.7 cm³/mol. The normalized spacial score (nSPS) is 10.3. The highest BCUT2D eigenvalue weighted by molar-refractivity contribution is 5.69. The molecule has 0 radical (unpaired) electrons. The first-order valence-electron chi connectivity index (χ1n) is 5.56. The summed E-state index contributed by atoms with van der Waals surface area (Å²) in [6.07, 6.45) is 3.29. The van der Waals surface area contributed by atoms with Gasteiger partial charge in [0.15, 0.2) is 6.61 Å². The van der Waals surface area contributed by atoms with E-state index in [4.69, 9.17) is 14.3 Å². The van der Waals surface area contributed by atoms with Gasteiger partial charge in [-0.1, -0.05) is 0 Å². The molecule has 0 saturated carbocycles. The molecule has 0 amide bonds. The van der Waals surface area contributed by atoms with Crippen molar-refractivity contribution in [1.82, 2.24) is 0 Å². The zero-order chi connectivity index (χ0) is 13.1. The first-order chi connectivity index (χ1) is 8.58. The molecule has 1 aromatic heterocycles. The number of hydrogen-bond donors (Lipinski definition) is 1. The van der Waals surface area contributed by atoms with Crippen LogP contribution >= 0.6 is 0 Å². The van der Waals surface area contributed by atoms with Crippen LogP contribution in [0.3, 0.4) is 0 Å². The molecule has 2 rings (SSSR count). The van der Waals surface area contributed by atoms with Gasteiger partial charge in [0.1, 0.15) is 5.75 Å². The minimum Gasteiger partial charge on any atom is -0.481 e. The maximum atomic E-state index is 10.5. The largest absolute Gasteiger partial charge is 0.481 e. The Balaban J connectivity index is 2.32. The number of hydrogen-bond acceptors (Lipinski definition) is 3. The summed E-state index contributed by atoms with van der Waals surface area (Å²) in [4.78, 5) is 10.5. The molecule has 1 heterocycles. The fraction of sp³-hybridized carbons (Fsp3) is 0.214. The van der Waals surface area contributed by atoms with Crippen LogP contribution in [0.1, 0.15) is 11.1 Å². The quantitative estimate of drug-likeness (QED) is 0.900. The van der Waals surface area contributed by atoms with Crippen molar-refractivity contribution in [2.75, 3.05) is 6.61 Å². The standard InChI is InChI=1S/C14H14O4/c1-9-5-12(11-3-4-17-7-11)6-10(2)14(9)18-8-13(15)16/h3-7H,8H2,1-2H3,(H,15,16). The second kappa shape index (κ2) is 4.96. The highest BCUT2D eigenvalue weighted by atomic mass is 16.5. The lowest BCUT2D eigenvalue weighted by molar-refractivity contribution is -0.139. The molecule has 0 aliphatic carbocycles. The zero-order valence-electron chi connectivity index (χ0n) is 10.3. The fourth-order valence-electron chi connectivity index (χ4n) is 1.91. The van der Waals surface area contributed by atoms with Crippen LogP contribution in [0.5, 0.6) is 5.75 Å². The molecule has 2 aromatic rings. The van der Waals surface area contributed by atoms with Gasteiger partial charge in [-0.05, 0) is 48.7 Å². The van der Waals surface area contributed by atoms with E-state index in [0.29, 0.717) is 5.75 Å². The number of carboxylic acids is 1. The van der Waals surface area contributed by atoms with Crippen molar-refractivity contribution in [3.63, 3.8) is 0 Å². The summed E-state index contributed by atoms with van der Waals surface area (Å²) < 4.78 is 10.3. The maximum Gasteiger partial charge on any atom is 0.341 e. The van der Waals surface area contributed by atoms with Crippen molar-refractivity contribution >= 4 is 5.97 Å². The summed E-state index contributed by atoms with van der Waals surface area (Å²) in [5, 5.41) is 8.62. The predicted octanol–water partition coefficient (Wildman–Crippen LogP) is 3.03. The second-order valence-electron chi connectivity index (χ2n) is 4.13. The fourth-order valence-corrected chi connectivity index (χ4v) is 1.91. The molecular weight excluding hydrogens is 232 g/mol. The van der Waals surface area contributed by atoms with E-state index in [-0.39, 0.29) is 6.61 Å². The van der Waals surface area contributed by atoms with Gasteiger partial charge in [0, 0.05) is 5.56 Å². The first-order valence-corrected chi connectivity index (χ1v) is 5.56. The van der Waals surface area contributed by atoms with Crippen LogP contribution in [0.2, 0.25) is 0 Å². The Hall–Kier alpha value is -2.23. The lowest BCUT2D eigenvalue weighted by atomic mass is 10.0. The SMILES string of the molecule is Cc1cc(-c2ccoc2)cc(C)c1OCC(=O)O. The van der Waals surface area contributed by atoms with Crippen LogP contribution in [0, 0.1) is 13.8 Å². The molecule has 0 saturated heterocycles. The number of aliphatic carboxylic acids is 1. The summed E-state index contributed by atoms with van der Waals surface area (Å²) >= 11 is 0. The summed E-state index contributed by atoms with van der Waals surface area (Å²) in [6.45, 7) is 3.47. The van der Waals surface area contributed by atoms with Gasteiger partial charge in [-0.15, -0.1) is 0 Å². The number of benzene rings is 1. The van der Waals surface area contributed by atoms with E-state index >= 15 is 0 Å². The topological polar surface area (TPSA) is 59.7 Å². The van der Waals surface area contributed by atoms with Crippen LogP contribution in [0.15, 0.2) is 35.1 Å². The van der Waals surface area contributed by atoms with E-state index in [9.17, 15) is 4.79 Å². The molecule has 0 aliphatic rings. The highest BCUT2D eigenvalue weighted by Gasteiger charge is 2.09. The van der Waals surface area contributed by atoms with Crippen molar-refractivity contribution in [3.05, 3.63) is 41.9 Å². The van der Waals surface area contributed by atoms with Gasteiger partial charge < -0.3 is 14.3 Å². The molecule has 0 spiro atoms. The Morgan fingerprint density at radius 1 is 1.28 bits per heavy atom. The van der Waals surface area contributed by atoms with Crippen molar-refractivity contribution in [2.24, 2.45) is 0 Å². The average molecular weight is 246 g/mol. The Kier molecular flexibility index (Phi) is 3.37. The Bertz CT molecular complexity index is 532. The van der Waals surface area contributed by atoms with E-state index in [1.807, 2.05) is 32.0 Å². The third kappa shape index (κ3) is 2.53. The van der Waals surface area contributed by atoms with E-state index in [0.717, 1.165) is 22.3 Å². The van der Waals surface area contributed by atoms with Gasteiger partial charge in [-0.2, -0.15) is 0 Å². The molecule has 0 fully saturated rings. The Labute approximate surface area is 105 Å². The molecule has 0 aliphatic heterocycles. The number of furan rings is 1. The minimum atomic E-state index is -0.979. The number of ether oxygens (including phenoxy) is 1. The number of carbonyl (C=O) groups is 1. The zero-order valence-corrected chi connectivity index (χ0v) is 10.3. The molecular formula is C14H14O4. The molecule has 1 N–H and O–H groups in total. The smallest absolute Gasteiger partial charge is 0.341 e. The molecule has 0 atom stereocenters. The average Bonchev–Trinajstić information content (AvgIpc) is 2.80. The summed E-state index contributed by atoms with van der Waals surface area (Å²) in [6, 6.07) is 5.79. The second-order valence-corrected chi connectivity index (χ2v) is 4.13. The Morgan fingerprint density at radius 2 is 1.94 bits per heavy atom. The van der Waals surface area contributed by atoms with Gasteiger partial charge >= 0.3 is 5.97 Å². The van der Waals surface area contributed by atoms with Gasteiger partial charge in [0.25, 0.3) is 0 Å². The molecule has 4 nitrogen and oxygen atoms in total. The van der Waals surface area contributed by atoms with Gasteiger partial charge in [-0.3, -0.25) is 0 Å². The molecule has 4 heteroatoms. The van der Waals surface area contributed by atoms with Crippen LogP contribution in [-0.2, 0) is 4.79 Å². The van der Waals surface area contributed by atoms with Crippen LogP contribution in [0.25, 0.3) is 11.1 Å². The van der Waals surface area contributed by atoms with E-state index in [1.165, 1.54) is 0 Å². The lowest BCUT2D eigenvalue weighted by Gasteiger charge is -2.12. The number of aryl methyl sites for hydroxylation is 2. The first kappa shape index (κ1) is 12.2. The number of rotatable bonds is 4. The molecule has 94 valence electrons. The summed E-state index contributed by atoms with van der Waals surface area (Å²) in [5.74, 6) is -0.350. The van der Waals surface area contributed by atoms with E-state index in [1.54, 1.807) is 12.5 Å². The molecule has 18 heavy (non-hydrogen) atoms. The summed E-state index contributed by atoms with van der Waals surface area (Å²) in [5.41, 5.74) is 3.84. The van der Waals surface area contributed by atoms with Gasteiger partial charge in [0.05, 0.1) is 12.5 Å². The highest BCUT2D eigenvalue weighted by Crippen LogP contribution is 2.30. The van der Waals surface area contributed by atoms with E-state index < -0.39 is 5.97 Å². The molecule has 0 unspecified atom stereocenters. The third-order valence-electron chi connectivity index (χ3n) is 2.65. The van der Waals surface area contributed by atoms with Crippen LogP contribution < -0.4 is 4.74 Å². The van der Waals surface area contributed by atoms with E-state index in [2.05, 4.69) is 0 Å². The van der Waals surface area contributed by atoms with Crippen molar-refractivity contribution in [1.29, 1.82) is 0 Å². The lowest BCUT2D eigenvalue weighted by Crippen LogP contribution is -2.10. The molecule has 0 bridgehead atoms.